The van der Waals surface area contributed by atoms with E-state index in [4.69, 9.17) is 37.0 Å². The van der Waals surface area contributed by atoms with Crippen LogP contribution in [0.3, 0.4) is 0 Å². The van der Waals surface area contributed by atoms with E-state index in [0.717, 1.165) is 89.9 Å². The lowest BCUT2D eigenvalue weighted by Crippen LogP contribution is -2.30. The number of unbranched alkanes of at least 4 members (excludes halogenated alkanes) is 49. The van der Waals surface area contributed by atoms with E-state index >= 15 is 0 Å². The van der Waals surface area contributed by atoms with Gasteiger partial charge in [-0.25, -0.2) is 9.13 Å². The molecule has 0 aromatic rings. The molecule has 0 rings (SSSR count). The number of aliphatic hydroxyl groups excluding tert-OH is 1. The topological polar surface area (TPSA) is 237 Å². The van der Waals surface area contributed by atoms with Gasteiger partial charge in [0.2, 0.25) is 0 Å². The molecule has 0 aromatic carbocycles. The first kappa shape index (κ1) is 91.1. The van der Waals surface area contributed by atoms with E-state index < -0.39 is 97.5 Å². The monoisotopic (exact) mass is 1370 g/mol. The smallest absolute Gasteiger partial charge is 0.462 e. The Hall–Kier alpha value is -1.94. The number of ether oxygens (including phenoxy) is 4. The quantitative estimate of drug-likeness (QED) is 0.0222. The minimum Gasteiger partial charge on any atom is -0.462 e. The van der Waals surface area contributed by atoms with E-state index in [0.29, 0.717) is 25.7 Å². The molecule has 3 N–H and O–H groups in total. The van der Waals surface area contributed by atoms with Crippen LogP contribution in [0.1, 0.15) is 394 Å². The van der Waals surface area contributed by atoms with E-state index in [2.05, 4.69) is 27.7 Å². The van der Waals surface area contributed by atoms with Gasteiger partial charge in [0.25, 0.3) is 0 Å². The van der Waals surface area contributed by atoms with Crippen molar-refractivity contribution in [2.45, 2.75) is 412 Å². The molecule has 93 heavy (non-hydrogen) atoms. The van der Waals surface area contributed by atoms with Crippen LogP contribution in [-0.2, 0) is 65.4 Å². The van der Waals surface area contributed by atoms with Gasteiger partial charge in [0, 0.05) is 25.7 Å². The van der Waals surface area contributed by atoms with Crippen molar-refractivity contribution in [1.29, 1.82) is 0 Å². The molecular weight excluding hydrogens is 1220 g/mol. The molecule has 0 aliphatic heterocycles. The predicted octanol–water partition coefficient (Wildman–Crippen LogP) is 21.8. The standard InChI is InChI=1S/C74H144O17P2/c1-5-9-13-17-21-25-28-31-34-36-39-42-45-49-53-57-61-74(79)91-70(65-85-72(77)59-55-51-47-43-40-38-35-32-29-26-22-18-14-10-6-2)67-89-93(82,83)87-63-68(75)62-86-92(80,81)88-66-69(64-84-71(76)58-54-50-46-24-20-16-12-8-4)90-73(78)60-56-52-48-44-41-37-33-30-27-23-19-15-11-7-3/h68-70,75H,5-67H2,1-4H3,(H,80,81)(H,82,83)/t68-,69+,70+/m0/s1. The number of aliphatic hydroxyl groups is 1. The molecule has 17 nitrogen and oxygen atoms in total. The lowest BCUT2D eigenvalue weighted by Gasteiger charge is -2.21. The fraction of sp³-hybridized carbons (Fsp3) is 0.946. The first-order chi connectivity index (χ1) is 45.2. The normalized spacial score (nSPS) is 13.9. The van der Waals surface area contributed by atoms with Crippen LogP contribution in [-0.4, -0.2) is 96.7 Å². The van der Waals surface area contributed by atoms with Crippen LogP contribution in [0.25, 0.3) is 0 Å². The molecule has 0 radical (unpaired) electrons. The summed E-state index contributed by atoms with van der Waals surface area (Å²) in [6.45, 7) is 4.96. The number of hydrogen-bond donors (Lipinski definition) is 3. The van der Waals surface area contributed by atoms with Crippen LogP contribution < -0.4 is 0 Å². The molecule has 0 saturated heterocycles. The number of carbonyl (C=O) groups is 4. The fourth-order valence-corrected chi connectivity index (χ4v) is 13.0. The Labute approximate surface area is 568 Å². The Bertz CT molecular complexity index is 1770. The molecule has 2 unspecified atom stereocenters. The van der Waals surface area contributed by atoms with Crippen molar-refractivity contribution in [1.82, 2.24) is 0 Å². The summed E-state index contributed by atoms with van der Waals surface area (Å²) in [5, 5.41) is 10.6. The summed E-state index contributed by atoms with van der Waals surface area (Å²) in [7, 11) is -9.90. The molecule has 552 valence electrons. The van der Waals surface area contributed by atoms with E-state index in [1.165, 1.54) is 225 Å². The van der Waals surface area contributed by atoms with E-state index in [1.807, 2.05) is 0 Å². The number of phosphoric ester groups is 2. The van der Waals surface area contributed by atoms with Crippen LogP contribution >= 0.6 is 15.6 Å². The minimum absolute atomic E-state index is 0.108. The maximum atomic E-state index is 13.1. The fourth-order valence-electron chi connectivity index (χ4n) is 11.4. The Balaban J connectivity index is 5.21. The highest BCUT2D eigenvalue weighted by atomic mass is 31.2. The van der Waals surface area contributed by atoms with Gasteiger partial charge in [-0.05, 0) is 25.7 Å². The molecule has 0 aliphatic rings. The average Bonchev–Trinajstić information content (AvgIpc) is 3.76. The molecule has 0 aliphatic carbocycles. The lowest BCUT2D eigenvalue weighted by atomic mass is 10.0. The highest BCUT2D eigenvalue weighted by molar-refractivity contribution is 7.47. The van der Waals surface area contributed by atoms with Gasteiger partial charge in [0.05, 0.1) is 26.4 Å². The molecule has 5 atom stereocenters. The molecule has 0 fully saturated rings. The SMILES string of the molecule is CCCCCCCCCCCCCCCCCCC(=O)O[C@H](COC(=O)CCCCCCCCCCCCCCCCC)COP(=O)(O)OC[C@@H](O)COP(=O)(O)OC[C@@H](COC(=O)CCCCCCCCCC)OC(=O)CCCCCCCCCCCCCCCC. The maximum Gasteiger partial charge on any atom is 0.472 e. The van der Waals surface area contributed by atoms with Gasteiger partial charge in [-0.1, -0.05) is 342 Å². The maximum absolute atomic E-state index is 13.1. The molecule has 0 spiro atoms. The summed E-state index contributed by atoms with van der Waals surface area (Å²) in [6, 6.07) is 0. The number of hydrogen-bond acceptors (Lipinski definition) is 15. The third-order valence-corrected chi connectivity index (χ3v) is 19.3. The van der Waals surface area contributed by atoms with Crippen molar-refractivity contribution in [3.05, 3.63) is 0 Å². The zero-order chi connectivity index (χ0) is 68.2. The second kappa shape index (κ2) is 68.6. The van der Waals surface area contributed by atoms with Gasteiger partial charge < -0.3 is 33.8 Å². The zero-order valence-electron chi connectivity index (χ0n) is 60.2. The molecule has 0 saturated carbocycles. The van der Waals surface area contributed by atoms with Gasteiger partial charge >= 0.3 is 39.5 Å². The van der Waals surface area contributed by atoms with Gasteiger partial charge in [0.15, 0.2) is 12.2 Å². The van der Waals surface area contributed by atoms with Crippen LogP contribution in [0.2, 0.25) is 0 Å². The number of esters is 4. The van der Waals surface area contributed by atoms with Gasteiger partial charge in [0.1, 0.15) is 19.3 Å². The van der Waals surface area contributed by atoms with E-state index in [9.17, 15) is 43.2 Å². The van der Waals surface area contributed by atoms with Crippen molar-refractivity contribution in [2.75, 3.05) is 39.6 Å². The molecule has 0 heterocycles. The summed E-state index contributed by atoms with van der Waals surface area (Å²) in [5.74, 6) is -2.11. The summed E-state index contributed by atoms with van der Waals surface area (Å²) < 4.78 is 68.4. The third kappa shape index (κ3) is 68.4. The lowest BCUT2D eigenvalue weighted by molar-refractivity contribution is -0.161. The largest absolute Gasteiger partial charge is 0.472 e. The molecule has 0 aromatic heterocycles. The summed E-state index contributed by atoms with van der Waals surface area (Å²) >= 11 is 0. The van der Waals surface area contributed by atoms with Crippen LogP contribution in [0, 0.1) is 0 Å². The summed E-state index contributed by atoms with van der Waals surface area (Å²) in [6.07, 6.45) is 58.2. The first-order valence-electron chi connectivity index (χ1n) is 38.8. The Kier molecular flexibility index (Phi) is 67.1. The second-order valence-electron chi connectivity index (χ2n) is 26.7. The van der Waals surface area contributed by atoms with Crippen molar-refractivity contribution in [2.24, 2.45) is 0 Å². The summed E-state index contributed by atoms with van der Waals surface area (Å²) in [4.78, 5) is 72.7. The molecular formula is C74H144O17P2. The number of rotatable bonds is 75. The molecule has 0 amide bonds. The molecule has 0 bridgehead atoms. The highest BCUT2D eigenvalue weighted by Crippen LogP contribution is 2.45. The van der Waals surface area contributed by atoms with Crippen molar-refractivity contribution < 1.29 is 80.2 Å². The van der Waals surface area contributed by atoms with Crippen LogP contribution in [0.5, 0.6) is 0 Å². The average molecular weight is 1370 g/mol. The van der Waals surface area contributed by atoms with Crippen molar-refractivity contribution >= 4 is 39.5 Å². The Morgan fingerprint density at radius 2 is 0.430 bits per heavy atom. The van der Waals surface area contributed by atoms with Gasteiger partial charge in [-0.2, -0.15) is 0 Å². The van der Waals surface area contributed by atoms with Crippen LogP contribution in [0.15, 0.2) is 0 Å². The Morgan fingerprint density at radius 1 is 0.258 bits per heavy atom. The number of carbonyl (C=O) groups excluding carboxylic acids is 4. The third-order valence-electron chi connectivity index (χ3n) is 17.4. The minimum atomic E-state index is -4.95. The second-order valence-corrected chi connectivity index (χ2v) is 29.6. The van der Waals surface area contributed by atoms with Crippen molar-refractivity contribution in [3.63, 3.8) is 0 Å². The zero-order valence-corrected chi connectivity index (χ0v) is 62.0. The number of phosphoric acid groups is 2. The summed E-state index contributed by atoms with van der Waals surface area (Å²) in [5.41, 5.74) is 0. The van der Waals surface area contributed by atoms with E-state index in [1.54, 1.807) is 0 Å². The Morgan fingerprint density at radius 3 is 0.634 bits per heavy atom. The predicted molar refractivity (Wildman–Crippen MR) is 377 cm³/mol. The first-order valence-corrected chi connectivity index (χ1v) is 41.8. The van der Waals surface area contributed by atoms with Crippen molar-refractivity contribution in [3.8, 4) is 0 Å². The van der Waals surface area contributed by atoms with E-state index in [-0.39, 0.29) is 25.7 Å². The van der Waals surface area contributed by atoms with Gasteiger partial charge in [-0.15, -0.1) is 0 Å². The highest BCUT2D eigenvalue weighted by Gasteiger charge is 2.30. The van der Waals surface area contributed by atoms with Gasteiger partial charge in [-0.3, -0.25) is 37.3 Å². The van der Waals surface area contributed by atoms with Crippen LogP contribution in [0.4, 0.5) is 0 Å². The molecule has 19 heteroatoms.